The minimum absolute atomic E-state index is 0.128. The predicted octanol–water partition coefficient (Wildman–Crippen LogP) is 3.64. The molecular formula is C14H20O. The molecule has 0 heterocycles. The highest BCUT2D eigenvalue weighted by Crippen LogP contribution is 2.37. The highest BCUT2D eigenvalue weighted by molar-refractivity contribution is 5.39. The van der Waals surface area contributed by atoms with Crippen LogP contribution in [0.3, 0.4) is 0 Å². The maximum absolute atomic E-state index is 9.55. The van der Waals surface area contributed by atoms with Crippen molar-refractivity contribution in [3.63, 3.8) is 0 Å². The van der Waals surface area contributed by atoms with Crippen LogP contribution >= 0.6 is 0 Å². The second-order valence-corrected chi connectivity index (χ2v) is 5.74. The fourth-order valence-electron chi connectivity index (χ4n) is 2.07. The molecule has 0 saturated heterocycles. The molecule has 0 atom stereocenters. The number of rotatable bonds is 2. The lowest BCUT2D eigenvalue weighted by atomic mass is 9.82. The summed E-state index contributed by atoms with van der Waals surface area (Å²) in [6.45, 7) is 6.62. The SMILES string of the molecule is CC(C)(C)c1cc(O)ccc1CC1CC1. The quantitative estimate of drug-likeness (QED) is 0.779. The smallest absolute Gasteiger partial charge is 0.115 e. The second kappa shape index (κ2) is 3.55. The van der Waals surface area contributed by atoms with Crippen LogP contribution in [0.4, 0.5) is 0 Å². The van der Waals surface area contributed by atoms with Crippen molar-refractivity contribution < 1.29 is 5.11 Å². The first-order valence-electron chi connectivity index (χ1n) is 5.79. The van der Waals surface area contributed by atoms with E-state index in [2.05, 4.69) is 26.8 Å². The molecule has 0 aromatic heterocycles. The van der Waals surface area contributed by atoms with Gasteiger partial charge in [-0.3, -0.25) is 0 Å². The highest BCUT2D eigenvalue weighted by atomic mass is 16.3. The normalized spacial score (nSPS) is 16.7. The summed E-state index contributed by atoms with van der Waals surface area (Å²) in [5.41, 5.74) is 2.85. The number of benzene rings is 1. The maximum atomic E-state index is 9.55. The van der Waals surface area contributed by atoms with E-state index >= 15 is 0 Å². The van der Waals surface area contributed by atoms with E-state index in [1.807, 2.05) is 12.1 Å². The van der Waals surface area contributed by atoms with Crippen molar-refractivity contribution in [3.05, 3.63) is 29.3 Å². The standard InChI is InChI=1S/C14H20O/c1-14(2,3)13-9-12(15)7-6-11(13)8-10-4-5-10/h6-7,9-10,15H,4-5,8H2,1-3H3. The third-order valence-corrected chi connectivity index (χ3v) is 3.11. The molecule has 0 radical (unpaired) electrons. The Morgan fingerprint density at radius 2 is 1.93 bits per heavy atom. The largest absolute Gasteiger partial charge is 0.508 e. The predicted molar refractivity (Wildman–Crippen MR) is 63.2 cm³/mol. The Morgan fingerprint density at radius 1 is 1.27 bits per heavy atom. The van der Waals surface area contributed by atoms with Crippen molar-refractivity contribution >= 4 is 0 Å². The average Bonchev–Trinajstić information content (AvgIpc) is 2.90. The van der Waals surface area contributed by atoms with Crippen molar-refractivity contribution in [2.24, 2.45) is 5.92 Å². The number of phenolic OH excluding ortho intramolecular Hbond substituents is 1. The van der Waals surface area contributed by atoms with Gasteiger partial charge in [-0.1, -0.05) is 26.8 Å². The van der Waals surface area contributed by atoms with Crippen LogP contribution in [0, 0.1) is 5.92 Å². The number of aromatic hydroxyl groups is 1. The van der Waals surface area contributed by atoms with E-state index < -0.39 is 0 Å². The first-order chi connectivity index (χ1) is 6.97. The van der Waals surface area contributed by atoms with Gasteiger partial charge in [-0.25, -0.2) is 0 Å². The zero-order valence-corrected chi connectivity index (χ0v) is 9.88. The molecule has 2 rings (SSSR count). The van der Waals surface area contributed by atoms with Gasteiger partial charge in [-0.2, -0.15) is 0 Å². The van der Waals surface area contributed by atoms with E-state index in [9.17, 15) is 5.11 Å². The molecule has 1 aromatic rings. The Balaban J connectivity index is 2.34. The summed E-state index contributed by atoms with van der Waals surface area (Å²) < 4.78 is 0. The van der Waals surface area contributed by atoms with E-state index in [0.717, 1.165) is 5.92 Å². The average molecular weight is 204 g/mol. The van der Waals surface area contributed by atoms with Crippen molar-refractivity contribution in [3.8, 4) is 5.75 Å². The van der Waals surface area contributed by atoms with Crippen LogP contribution in [-0.2, 0) is 11.8 Å². The Labute approximate surface area is 92.1 Å². The van der Waals surface area contributed by atoms with Crippen LogP contribution in [-0.4, -0.2) is 5.11 Å². The monoisotopic (exact) mass is 204 g/mol. The molecule has 1 aliphatic carbocycles. The van der Waals surface area contributed by atoms with E-state index in [0.29, 0.717) is 5.75 Å². The first-order valence-corrected chi connectivity index (χ1v) is 5.79. The molecule has 0 amide bonds. The minimum Gasteiger partial charge on any atom is -0.508 e. The van der Waals surface area contributed by atoms with Gasteiger partial charge in [0.05, 0.1) is 0 Å². The number of phenols is 1. The second-order valence-electron chi connectivity index (χ2n) is 5.74. The van der Waals surface area contributed by atoms with E-state index in [1.165, 1.54) is 30.4 Å². The molecule has 0 aliphatic heterocycles. The van der Waals surface area contributed by atoms with E-state index in [4.69, 9.17) is 0 Å². The van der Waals surface area contributed by atoms with Gasteiger partial charge in [0.2, 0.25) is 0 Å². The lowest BCUT2D eigenvalue weighted by molar-refractivity contribution is 0.470. The van der Waals surface area contributed by atoms with Gasteiger partial charge in [0.1, 0.15) is 5.75 Å². The molecule has 1 fully saturated rings. The van der Waals surface area contributed by atoms with Gasteiger partial charge >= 0.3 is 0 Å². The molecule has 0 bridgehead atoms. The summed E-state index contributed by atoms with van der Waals surface area (Å²) in [6, 6.07) is 5.83. The zero-order chi connectivity index (χ0) is 11.1. The summed E-state index contributed by atoms with van der Waals surface area (Å²) in [6.07, 6.45) is 3.95. The van der Waals surface area contributed by atoms with Crippen LogP contribution < -0.4 is 0 Å². The Hall–Kier alpha value is -0.980. The van der Waals surface area contributed by atoms with Gasteiger partial charge < -0.3 is 5.11 Å². The fourth-order valence-corrected chi connectivity index (χ4v) is 2.07. The summed E-state index contributed by atoms with van der Waals surface area (Å²) in [4.78, 5) is 0. The molecule has 0 unspecified atom stereocenters. The molecule has 1 nitrogen and oxygen atoms in total. The lowest BCUT2D eigenvalue weighted by Crippen LogP contribution is -2.14. The van der Waals surface area contributed by atoms with Crippen LogP contribution in [0.1, 0.15) is 44.7 Å². The third kappa shape index (κ3) is 2.53. The summed E-state index contributed by atoms with van der Waals surface area (Å²) in [5, 5.41) is 9.55. The van der Waals surface area contributed by atoms with E-state index in [-0.39, 0.29) is 5.41 Å². The van der Waals surface area contributed by atoms with Crippen molar-refractivity contribution in [2.75, 3.05) is 0 Å². The topological polar surface area (TPSA) is 20.2 Å². The van der Waals surface area contributed by atoms with Gasteiger partial charge in [-0.15, -0.1) is 0 Å². The van der Waals surface area contributed by atoms with Crippen LogP contribution in [0.5, 0.6) is 5.75 Å². The van der Waals surface area contributed by atoms with E-state index in [1.54, 1.807) is 0 Å². The Kier molecular flexibility index (Phi) is 2.49. The van der Waals surface area contributed by atoms with Crippen LogP contribution in [0.2, 0.25) is 0 Å². The van der Waals surface area contributed by atoms with Gasteiger partial charge in [0.15, 0.2) is 0 Å². The van der Waals surface area contributed by atoms with Crippen molar-refractivity contribution in [1.29, 1.82) is 0 Å². The Morgan fingerprint density at radius 3 is 2.47 bits per heavy atom. The fraction of sp³-hybridized carbons (Fsp3) is 0.571. The molecular weight excluding hydrogens is 184 g/mol. The molecule has 1 heteroatoms. The minimum atomic E-state index is 0.128. The molecule has 1 aromatic carbocycles. The van der Waals surface area contributed by atoms with Crippen LogP contribution in [0.15, 0.2) is 18.2 Å². The number of hydrogen-bond acceptors (Lipinski definition) is 1. The molecule has 0 spiro atoms. The van der Waals surface area contributed by atoms with Crippen molar-refractivity contribution in [1.82, 2.24) is 0 Å². The first kappa shape index (κ1) is 10.5. The molecule has 82 valence electrons. The maximum Gasteiger partial charge on any atom is 0.115 e. The zero-order valence-electron chi connectivity index (χ0n) is 9.88. The Bertz CT molecular complexity index is 356. The summed E-state index contributed by atoms with van der Waals surface area (Å²) in [7, 11) is 0. The molecule has 1 aliphatic rings. The summed E-state index contributed by atoms with van der Waals surface area (Å²) in [5.74, 6) is 1.29. The van der Waals surface area contributed by atoms with Gasteiger partial charge in [0.25, 0.3) is 0 Å². The van der Waals surface area contributed by atoms with Crippen LogP contribution in [0.25, 0.3) is 0 Å². The lowest BCUT2D eigenvalue weighted by Gasteiger charge is -2.23. The molecule has 1 N–H and O–H groups in total. The van der Waals surface area contributed by atoms with Crippen molar-refractivity contribution in [2.45, 2.75) is 45.4 Å². The highest BCUT2D eigenvalue weighted by Gasteiger charge is 2.25. The van der Waals surface area contributed by atoms with Gasteiger partial charge in [-0.05, 0) is 53.9 Å². The molecule has 1 saturated carbocycles. The number of hydrogen-bond donors (Lipinski definition) is 1. The third-order valence-electron chi connectivity index (χ3n) is 3.11. The molecule has 15 heavy (non-hydrogen) atoms. The van der Waals surface area contributed by atoms with Gasteiger partial charge in [0, 0.05) is 0 Å². The summed E-state index contributed by atoms with van der Waals surface area (Å²) >= 11 is 0.